The molecule has 4 heteroatoms. The Morgan fingerprint density at radius 3 is 3.00 bits per heavy atom. The minimum absolute atomic E-state index is 0.214. The quantitative estimate of drug-likeness (QED) is 0.696. The molecule has 2 aromatic rings. The van der Waals surface area contributed by atoms with Crippen LogP contribution in [0.4, 0.5) is 0 Å². The number of hydrogen-bond acceptors (Lipinski definition) is 3. The van der Waals surface area contributed by atoms with Crippen LogP contribution >= 0.6 is 11.8 Å². The van der Waals surface area contributed by atoms with Gasteiger partial charge in [-0.1, -0.05) is 23.8 Å². The molecule has 0 saturated heterocycles. The van der Waals surface area contributed by atoms with Gasteiger partial charge in [-0.3, -0.25) is 0 Å². The van der Waals surface area contributed by atoms with Crippen LogP contribution in [-0.4, -0.2) is 9.97 Å². The van der Waals surface area contributed by atoms with Crippen molar-refractivity contribution in [2.24, 2.45) is 0 Å². The Morgan fingerprint density at radius 2 is 2.15 bits per heavy atom. The number of thioether (sulfide) groups is 1. The second-order valence-electron chi connectivity index (χ2n) is 5.38. The van der Waals surface area contributed by atoms with Crippen LogP contribution in [0.3, 0.4) is 0 Å². The van der Waals surface area contributed by atoms with Gasteiger partial charge in [-0.25, -0.2) is 4.79 Å². The van der Waals surface area contributed by atoms with E-state index in [2.05, 4.69) is 42.0 Å². The van der Waals surface area contributed by atoms with Crippen molar-refractivity contribution in [1.29, 1.82) is 0 Å². The van der Waals surface area contributed by atoms with E-state index >= 15 is 0 Å². The molecule has 0 bridgehead atoms. The maximum atomic E-state index is 11.6. The number of aromatic amines is 1. The lowest BCUT2D eigenvalue weighted by molar-refractivity contribution is 0.895. The standard InChI is InChI=1S/C16H18N2OS/c1-10-6-7-11(2)12(8-10)9-20-15-13-4-3-5-14(13)17-16(19)18-15/h6-8H,3-5,9H2,1-2H3,(H,17,18,19). The van der Waals surface area contributed by atoms with Crippen molar-refractivity contribution in [1.82, 2.24) is 9.97 Å². The van der Waals surface area contributed by atoms with E-state index in [-0.39, 0.29) is 5.69 Å². The number of aryl methyl sites for hydroxylation is 3. The fourth-order valence-electron chi connectivity index (χ4n) is 2.66. The van der Waals surface area contributed by atoms with Gasteiger partial charge in [-0.05, 0) is 44.2 Å². The van der Waals surface area contributed by atoms with Gasteiger partial charge in [0.25, 0.3) is 0 Å². The molecular formula is C16H18N2OS. The van der Waals surface area contributed by atoms with Gasteiger partial charge in [0.1, 0.15) is 5.03 Å². The molecule has 0 unspecified atom stereocenters. The predicted octanol–water partition coefficient (Wildman–Crippen LogP) is 3.17. The number of hydrogen-bond donors (Lipinski definition) is 1. The summed E-state index contributed by atoms with van der Waals surface area (Å²) in [4.78, 5) is 18.6. The Hall–Kier alpha value is -1.55. The average molecular weight is 286 g/mol. The number of benzene rings is 1. The minimum atomic E-state index is -0.214. The summed E-state index contributed by atoms with van der Waals surface area (Å²) in [7, 11) is 0. The molecule has 3 rings (SSSR count). The molecule has 1 heterocycles. The van der Waals surface area contributed by atoms with Gasteiger partial charge >= 0.3 is 5.69 Å². The van der Waals surface area contributed by atoms with Crippen molar-refractivity contribution >= 4 is 11.8 Å². The lowest BCUT2D eigenvalue weighted by atomic mass is 10.1. The van der Waals surface area contributed by atoms with Crippen molar-refractivity contribution in [2.75, 3.05) is 0 Å². The molecule has 0 amide bonds. The Morgan fingerprint density at radius 1 is 1.30 bits per heavy atom. The molecule has 1 aromatic carbocycles. The summed E-state index contributed by atoms with van der Waals surface area (Å²) >= 11 is 1.68. The number of nitrogens with one attached hydrogen (secondary N) is 1. The highest BCUT2D eigenvalue weighted by Crippen LogP contribution is 2.30. The zero-order valence-electron chi connectivity index (χ0n) is 11.8. The smallest absolute Gasteiger partial charge is 0.309 e. The molecule has 3 nitrogen and oxygen atoms in total. The fourth-order valence-corrected chi connectivity index (χ4v) is 3.81. The second-order valence-corrected chi connectivity index (χ2v) is 6.34. The molecule has 104 valence electrons. The van der Waals surface area contributed by atoms with Gasteiger partial charge in [0.05, 0.1) is 0 Å². The first-order valence-electron chi connectivity index (χ1n) is 6.94. The number of aromatic nitrogens is 2. The van der Waals surface area contributed by atoms with Crippen LogP contribution in [0.1, 0.15) is 34.4 Å². The van der Waals surface area contributed by atoms with Crippen molar-refractivity contribution in [3.8, 4) is 0 Å². The first-order valence-corrected chi connectivity index (χ1v) is 7.93. The molecule has 0 radical (unpaired) electrons. The topological polar surface area (TPSA) is 45.8 Å². The Balaban J connectivity index is 1.86. The Kier molecular flexibility index (Phi) is 3.66. The maximum absolute atomic E-state index is 11.6. The molecule has 0 spiro atoms. The molecule has 0 fully saturated rings. The average Bonchev–Trinajstić information content (AvgIpc) is 2.87. The van der Waals surface area contributed by atoms with Crippen molar-refractivity contribution in [3.05, 3.63) is 56.6 Å². The van der Waals surface area contributed by atoms with E-state index in [1.54, 1.807) is 11.8 Å². The number of H-pyrrole nitrogens is 1. The first-order chi connectivity index (χ1) is 9.63. The van der Waals surface area contributed by atoms with E-state index in [0.717, 1.165) is 35.7 Å². The summed E-state index contributed by atoms with van der Waals surface area (Å²) < 4.78 is 0. The van der Waals surface area contributed by atoms with Crippen molar-refractivity contribution < 1.29 is 0 Å². The minimum Gasteiger partial charge on any atom is -0.309 e. The van der Waals surface area contributed by atoms with Crippen molar-refractivity contribution in [3.63, 3.8) is 0 Å². The van der Waals surface area contributed by atoms with Crippen molar-refractivity contribution in [2.45, 2.75) is 43.9 Å². The highest BCUT2D eigenvalue weighted by molar-refractivity contribution is 7.98. The molecule has 0 aliphatic heterocycles. The number of fused-ring (bicyclic) bond motifs is 1. The van der Waals surface area contributed by atoms with Crippen LogP contribution in [0.5, 0.6) is 0 Å². The fraction of sp³-hybridized carbons (Fsp3) is 0.375. The first kappa shape index (κ1) is 13.4. The van der Waals surface area contributed by atoms with E-state index in [1.807, 2.05) is 0 Å². The number of nitrogens with zero attached hydrogens (tertiary/aromatic N) is 1. The summed E-state index contributed by atoms with van der Waals surface area (Å²) in [6.45, 7) is 4.24. The third kappa shape index (κ3) is 2.66. The third-order valence-corrected chi connectivity index (χ3v) is 4.87. The van der Waals surface area contributed by atoms with Crippen LogP contribution in [0, 0.1) is 13.8 Å². The summed E-state index contributed by atoms with van der Waals surface area (Å²) in [5.74, 6) is 0.871. The molecule has 1 aliphatic carbocycles. The summed E-state index contributed by atoms with van der Waals surface area (Å²) in [6, 6.07) is 6.50. The van der Waals surface area contributed by atoms with E-state index in [4.69, 9.17) is 0 Å². The molecule has 1 aromatic heterocycles. The van der Waals surface area contributed by atoms with E-state index in [1.165, 1.54) is 22.3 Å². The Bertz CT molecular complexity index is 706. The van der Waals surface area contributed by atoms with E-state index in [0.29, 0.717) is 0 Å². The molecular weight excluding hydrogens is 268 g/mol. The molecule has 1 N–H and O–H groups in total. The van der Waals surface area contributed by atoms with Crippen LogP contribution in [0.25, 0.3) is 0 Å². The summed E-state index contributed by atoms with van der Waals surface area (Å²) in [5.41, 5.74) is 6.02. The van der Waals surface area contributed by atoms with Gasteiger partial charge in [0.2, 0.25) is 0 Å². The number of rotatable bonds is 3. The van der Waals surface area contributed by atoms with Gasteiger partial charge in [-0.15, -0.1) is 11.8 Å². The normalized spacial score (nSPS) is 13.5. The summed E-state index contributed by atoms with van der Waals surface area (Å²) in [6.07, 6.45) is 3.13. The van der Waals surface area contributed by atoms with E-state index in [9.17, 15) is 4.79 Å². The van der Waals surface area contributed by atoms with Gasteiger partial charge in [-0.2, -0.15) is 4.98 Å². The predicted molar refractivity (Wildman–Crippen MR) is 82.4 cm³/mol. The monoisotopic (exact) mass is 286 g/mol. The van der Waals surface area contributed by atoms with Gasteiger partial charge < -0.3 is 4.98 Å². The lowest BCUT2D eigenvalue weighted by Crippen LogP contribution is -2.14. The van der Waals surface area contributed by atoms with Gasteiger partial charge in [0.15, 0.2) is 0 Å². The van der Waals surface area contributed by atoms with Gasteiger partial charge in [0, 0.05) is 17.0 Å². The SMILES string of the molecule is Cc1ccc(C)c(CSc2nc(=O)[nH]c3c2CCC3)c1. The molecule has 0 saturated carbocycles. The molecule has 1 aliphatic rings. The summed E-state index contributed by atoms with van der Waals surface area (Å²) in [5, 5.41) is 0.919. The highest BCUT2D eigenvalue weighted by Gasteiger charge is 2.18. The molecule has 20 heavy (non-hydrogen) atoms. The van der Waals surface area contributed by atoms with Crippen LogP contribution in [-0.2, 0) is 18.6 Å². The highest BCUT2D eigenvalue weighted by atomic mass is 32.2. The molecule has 0 atom stereocenters. The Labute approximate surface area is 122 Å². The largest absolute Gasteiger partial charge is 0.346 e. The zero-order chi connectivity index (χ0) is 14.1. The third-order valence-electron chi connectivity index (χ3n) is 3.81. The van der Waals surface area contributed by atoms with Crippen LogP contribution in [0.2, 0.25) is 0 Å². The maximum Gasteiger partial charge on any atom is 0.346 e. The lowest BCUT2D eigenvalue weighted by Gasteiger charge is -2.09. The van der Waals surface area contributed by atoms with E-state index < -0.39 is 0 Å². The van der Waals surface area contributed by atoms with Crippen LogP contribution in [0.15, 0.2) is 28.0 Å². The second kappa shape index (κ2) is 5.44. The van der Waals surface area contributed by atoms with Crippen LogP contribution < -0.4 is 5.69 Å². The zero-order valence-corrected chi connectivity index (χ0v) is 12.6.